The Balaban J connectivity index is 2.88. The number of aromatic nitrogens is 1. The molecule has 4 heteroatoms. The predicted octanol–water partition coefficient (Wildman–Crippen LogP) is 2.14. The van der Waals surface area contributed by atoms with Crippen molar-refractivity contribution in [3.05, 3.63) is 22.8 Å². The summed E-state index contributed by atoms with van der Waals surface area (Å²) >= 11 is 3.16. The first-order chi connectivity index (χ1) is 4.33. The highest BCUT2D eigenvalue weighted by molar-refractivity contribution is 9.10. The van der Waals surface area contributed by atoms with Crippen LogP contribution in [0.4, 0.5) is 10.3 Å². The van der Waals surface area contributed by atoms with Crippen LogP contribution in [0.3, 0.4) is 0 Å². The normalized spacial score (nSPS) is 9.11. The maximum Gasteiger partial charge on any atom is 0.154 e. The topological polar surface area (TPSA) is 24.9 Å². The first-order valence-corrected chi connectivity index (χ1v) is 3.10. The molecule has 1 aromatic heterocycles. The van der Waals surface area contributed by atoms with Gasteiger partial charge in [0.25, 0.3) is 0 Å². The fourth-order valence-electron chi connectivity index (χ4n) is 0.432. The van der Waals surface area contributed by atoms with Crippen LogP contribution in [-0.2, 0) is 0 Å². The van der Waals surface area contributed by atoms with E-state index in [0.29, 0.717) is 0 Å². The van der Waals surface area contributed by atoms with Crippen LogP contribution in [0.1, 0.15) is 0 Å². The van der Waals surface area contributed by atoms with E-state index in [1.54, 1.807) is 6.07 Å². The molecule has 0 saturated heterocycles. The highest BCUT2D eigenvalue weighted by Gasteiger charge is 1.88. The zero-order valence-electron chi connectivity index (χ0n) is 4.44. The summed E-state index contributed by atoms with van der Waals surface area (Å²) in [5, 5.41) is 0. The first kappa shape index (κ1) is 6.48. The number of hydrogen-bond donors (Lipinski definition) is 1. The van der Waals surface area contributed by atoms with E-state index in [0.717, 1.165) is 4.47 Å². The third-order valence-electron chi connectivity index (χ3n) is 0.824. The Kier molecular flexibility index (Phi) is 2.00. The zero-order valence-corrected chi connectivity index (χ0v) is 6.02. The van der Waals surface area contributed by atoms with Gasteiger partial charge in [0.2, 0.25) is 0 Å². The van der Waals surface area contributed by atoms with E-state index in [1.165, 1.54) is 17.8 Å². The average molecular weight is 191 g/mol. The molecule has 1 heterocycles. The molecular formula is C5H4BrFN2. The smallest absolute Gasteiger partial charge is 0.154 e. The molecule has 0 atom stereocenters. The second-order valence-corrected chi connectivity index (χ2v) is 2.37. The number of halogens is 2. The van der Waals surface area contributed by atoms with Crippen LogP contribution in [-0.4, -0.2) is 4.98 Å². The molecule has 0 aromatic carbocycles. The van der Waals surface area contributed by atoms with Gasteiger partial charge in [0.05, 0.1) is 0 Å². The first-order valence-electron chi connectivity index (χ1n) is 2.31. The van der Waals surface area contributed by atoms with Crippen molar-refractivity contribution in [2.24, 2.45) is 0 Å². The SMILES string of the molecule is FNc1ccc(Br)cn1. The molecule has 0 aliphatic heterocycles. The van der Waals surface area contributed by atoms with E-state index >= 15 is 0 Å². The molecule has 0 unspecified atom stereocenters. The molecule has 1 N–H and O–H groups in total. The molecule has 2 nitrogen and oxygen atoms in total. The molecule has 0 radical (unpaired) electrons. The standard InChI is InChI=1S/C5H4BrFN2/c6-4-1-2-5(9-7)8-3-4/h1-3H,(H,8,9). The molecule has 48 valence electrons. The fraction of sp³-hybridized carbons (Fsp3) is 0. The summed E-state index contributed by atoms with van der Waals surface area (Å²) in [6.45, 7) is 0. The van der Waals surface area contributed by atoms with Crippen molar-refractivity contribution >= 4 is 21.7 Å². The zero-order chi connectivity index (χ0) is 6.69. The van der Waals surface area contributed by atoms with E-state index in [4.69, 9.17) is 0 Å². The van der Waals surface area contributed by atoms with Crippen LogP contribution in [0.5, 0.6) is 0 Å². The number of hydrogen-bond acceptors (Lipinski definition) is 2. The van der Waals surface area contributed by atoms with Gasteiger partial charge in [-0.2, -0.15) is 0 Å². The molecule has 9 heavy (non-hydrogen) atoms. The van der Waals surface area contributed by atoms with Gasteiger partial charge >= 0.3 is 0 Å². The lowest BCUT2D eigenvalue weighted by molar-refractivity contribution is 0.612. The maximum absolute atomic E-state index is 11.5. The maximum atomic E-state index is 11.5. The van der Waals surface area contributed by atoms with Gasteiger partial charge in [-0.15, -0.1) is 4.48 Å². The number of nitrogens with zero attached hydrogens (tertiary/aromatic N) is 1. The summed E-state index contributed by atoms with van der Waals surface area (Å²) in [7, 11) is 0. The lowest BCUT2D eigenvalue weighted by Crippen LogP contribution is -1.84. The molecule has 1 rings (SSSR count). The monoisotopic (exact) mass is 190 g/mol. The van der Waals surface area contributed by atoms with Crippen molar-refractivity contribution in [1.29, 1.82) is 0 Å². The van der Waals surface area contributed by atoms with Crippen LogP contribution in [0.2, 0.25) is 0 Å². The number of anilines is 1. The molecule has 1 aromatic rings. The highest BCUT2D eigenvalue weighted by Crippen LogP contribution is 2.09. The average Bonchev–Trinajstić information content (AvgIpc) is 1.90. The van der Waals surface area contributed by atoms with E-state index in [-0.39, 0.29) is 5.82 Å². The number of nitrogens with one attached hydrogen (secondary N) is 1. The van der Waals surface area contributed by atoms with Gasteiger partial charge in [-0.3, -0.25) is 0 Å². The molecule has 0 amide bonds. The van der Waals surface area contributed by atoms with Crippen molar-refractivity contribution in [3.63, 3.8) is 0 Å². The Labute approximate surface area is 60.2 Å². The Hall–Kier alpha value is -0.640. The molecule has 0 spiro atoms. The van der Waals surface area contributed by atoms with E-state index < -0.39 is 0 Å². The van der Waals surface area contributed by atoms with Crippen molar-refractivity contribution in [1.82, 2.24) is 4.98 Å². The third-order valence-corrected chi connectivity index (χ3v) is 1.29. The van der Waals surface area contributed by atoms with E-state index in [2.05, 4.69) is 20.9 Å². The Bertz CT molecular complexity index is 187. The van der Waals surface area contributed by atoms with Gasteiger partial charge in [0, 0.05) is 10.7 Å². The summed E-state index contributed by atoms with van der Waals surface area (Å²) in [4.78, 5) is 3.66. The van der Waals surface area contributed by atoms with Gasteiger partial charge in [-0.25, -0.2) is 10.5 Å². The van der Waals surface area contributed by atoms with Crippen LogP contribution in [0, 0.1) is 0 Å². The summed E-state index contributed by atoms with van der Waals surface area (Å²) in [6.07, 6.45) is 1.52. The summed E-state index contributed by atoms with van der Waals surface area (Å²) < 4.78 is 12.4. The van der Waals surface area contributed by atoms with Crippen molar-refractivity contribution in [3.8, 4) is 0 Å². The molecule has 0 aliphatic carbocycles. The Morgan fingerprint density at radius 1 is 1.56 bits per heavy atom. The predicted molar refractivity (Wildman–Crippen MR) is 36.7 cm³/mol. The minimum absolute atomic E-state index is 0.221. The number of pyridine rings is 1. The van der Waals surface area contributed by atoms with Crippen LogP contribution in [0.15, 0.2) is 22.8 Å². The molecule has 0 fully saturated rings. The minimum Gasteiger partial charge on any atom is -0.236 e. The quantitative estimate of drug-likeness (QED) is 0.687. The van der Waals surface area contributed by atoms with Gasteiger partial charge in [-0.1, -0.05) is 0 Å². The third kappa shape index (κ3) is 1.64. The van der Waals surface area contributed by atoms with Gasteiger partial charge < -0.3 is 0 Å². The minimum atomic E-state index is 0.221. The van der Waals surface area contributed by atoms with Crippen molar-refractivity contribution < 1.29 is 4.48 Å². The Morgan fingerprint density at radius 3 is 2.78 bits per heavy atom. The van der Waals surface area contributed by atoms with Crippen molar-refractivity contribution in [2.75, 3.05) is 5.54 Å². The molecular weight excluding hydrogens is 187 g/mol. The fourth-order valence-corrected chi connectivity index (χ4v) is 0.666. The lowest BCUT2D eigenvalue weighted by atomic mass is 10.5. The summed E-state index contributed by atoms with van der Waals surface area (Å²) in [5.41, 5.74) is 1.42. The lowest BCUT2D eigenvalue weighted by Gasteiger charge is -1.92. The van der Waals surface area contributed by atoms with Crippen LogP contribution >= 0.6 is 15.9 Å². The summed E-state index contributed by atoms with van der Waals surface area (Å²) in [6, 6.07) is 3.24. The largest absolute Gasteiger partial charge is 0.236 e. The second-order valence-electron chi connectivity index (χ2n) is 1.46. The second kappa shape index (κ2) is 2.77. The summed E-state index contributed by atoms with van der Waals surface area (Å²) in [5.74, 6) is 0.221. The van der Waals surface area contributed by atoms with Gasteiger partial charge in [0.15, 0.2) is 5.82 Å². The number of rotatable bonds is 1. The van der Waals surface area contributed by atoms with Crippen molar-refractivity contribution in [2.45, 2.75) is 0 Å². The van der Waals surface area contributed by atoms with Gasteiger partial charge in [-0.05, 0) is 28.1 Å². The van der Waals surface area contributed by atoms with E-state index in [9.17, 15) is 4.48 Å². The van der Waals surface area contributed by atoms with E-state index in [1.807, 2.05) is 0 Å². The molecule has 0 aliphatic rings. The molecule has 0 saturated carbocycles. The van der Waals surface area contributed by atoms with Crippen LogP contribution < -0.4 is 5.54 Å². The Morgan fingerprint density at radius 2 is 2.33 bits per heavy atom. The van der Waals surface area contributed by atoms with Crippen LogP contribution in [0.25, 0.3) is 0 Å². The molecule has 0 bridgehead atoms. The highest BCUT2D eigenvalue weighted by atomic mass is 79.9. The van der Waals surface area contributed by atoms with Gasteiger partial charge in [0.1, 0.15) is 0 Å².